The highest BCUT2D eigenvalue weighted by Crippen LogP contribution is 2.20. The Morgan fingerprint density at radius 2 is 0.983 bits per heavy atom. The van der Waals surface area contributed by atoms with E-state index in [1.807, 2.05) is 80.6 Å². The molecular formula is C47H49N5O8. The van der Waals surface area contributed by atoms with E-state index in [-0.39, 0.29) is 12.6 Å². The molecule has 0 spiro atoms. The van der Waals surface area contributed by atoms with Gasteiger partial charge in [0.1, 0.15) is 23.7 Å². The summed E-state index contributed by atoms with van der Waals surface area (Å²) in [5.41, 5.74) is 6.62. The van der Waals surface area contributed by atoms with Crippen molar-refractivity contribution in [3.8, 4) is 29.4 Å². The van der Waals surface area contributed by atoms with E-state index in [0.29, 0.717) is 110 Å². The van der Waals surface area contributed by atoms with Crippen molar-refractivity contribution in [3.63, 3.8) is 0 Å². The fraction of sp³-hybridized carbons (Fsp3) is 0.255. The summed E-state index contributed by atoms with van der Waals surface area (Å²) in [7, 11) is 0. The Morgan fingerprint density at radius 3 is 1.48 bits per heavy atom. The van der Waals surface area contributed by atoms with Crippen molar-refractivity contribution in [2.45, 2.75) is 13.8 Å². The molecule has 13 heteroatoms. The number of benzene rings is 4. The summed E-state index contributed by atoms with van der Waals surface area (Å²) in [6.07, 6.45) is 0. The van der Waals surface area contributed by atoms with Crippen LogP contribution in [0.25, 0.3) is 0 Å². The van der Waals surface area contributed by atoms with Gasteiger partial charge < -0.3 is 50.1 Å². The zero-order chi connectivity index (χ0) is 42.2. The predicted molar refractivity (Wildman–Crippen MR) is 233 cm³/mol. The molecule has 0 atom stereocenters. The van der Waals surface area contributed by atoms with Crippen LogP contribution in [0.5, 0.6) is 5.75 Å². The summed E-state index contributed by atoms with van der Waals surface area (Å²) < 4.78 is 27.2. The van der Waals surface area contributed by atoms with Gasteiger partial charge in [0.15, 0.2) is 0 Å². The number of pyridine rings is 1. The monoisotopic (exact) mass is 811 g/mol. The third-order valence-corrected chi connectivity index (χ3v) is 8.24. The molecule has 0 aliphatic carbocycles. The van der Waals surface area contributed by atoms with Gasteiger partial charge >= 0.3 is 12.1 Å². The molecular weight excluding hydrogens is 763 g/mol. The molecule has 5 aromatic rings. The third kappa shape index (κ3) is 16.3. The minimum atomic E-state index is -0.428. The number of ether oxygens (including phenoxy) is 5. The Morgan fingerprint density at radius 1 is 0.517 bits per heavy atom. The van der Waals surface area contributed by atoms with Crippen LogP contribution in [0.2, 0.25) is 0 Å². The van der Waals surface area contributed by atoms with E-state index < -0.39 is 6.03 Å². The summed E-state index contributed by atoms with van der Waals surface area (Å²) in [5.74, 6) is 13.1. The SMILES string of the molecule is Cc1ccc(NC(=O)Nc2ccccc2)c(C#Cc2cccc(C#Cc3cc(C)ccc3NC(=O)Nc3ccc(OCCOCCOCCOCCOCCO)cc3)n2)c1. The zero-order valence-corrected chi connectivity index (χ0v) is 33.7. The zero-order valence-electron chi connectivity index (χ0n) is 33.7. The number of anilines is 4. The van der Waals surface area contributed by atoms with Gasteiger partial charge in [0, 0.05) is 22.5 Å². The van der Waals surface area contributed by atoms with Crippen molar-refractivity contribution in [1.29, 1.82) is 0 Å². The molecule has 13 nitrogen and oxygen atoms in total. The molecule has 5 N–H and O–H groups in total. The number of urea groups is 2. The van der Waals surface area contributed by atoms with E-state index in [2.05, 4.69) is 49.9 Å². The van der Waals surface area contributed by atoms with E-state index in [4.69, 9.17) is 28.8 Å². The maximum atomic E-state index is 13.0. The Kier molecular flexibility index (Phi) is 18.4. The summed E-state index contributed by atoms with van der Waals surface area (Å²) in [6, 6.07) is 32.1. The van der Waals surface area contributed by atoms with Gasteiger partial charge in [-0.2, -0.15) is 0 Å². The maximum absolute atomic E-state index is 13.0. The first-order valence-corrected chi connectivity index (χ1v) is 19.4. The number of aryl methyl sites for hydroxylation is 2. The first kappa shape index (κ1) is 44.4. The molecule has 0 fully saturated rings. The van der Waals surface area contributed by atoms with Gasteiger partial charge in [-0.25, -0.2) is 14.6 Å². The lowest BCUT2D eigenvalue weighted by Gasteiger charge is -2.11. The summed E-state index contributed by atoms with van der Waals surface area (Å²) in [6.45, 7) is 7.67. The molecule has 5 rings (SSSR count). The van der Waals surface area contributed by atoms with E-state index >= 15 is 0 Å². The van der Waals surface area contributed by atoms with E-state index in [1.54, 1.807) is 42.5 Å². The molecule has 0 bridgehead atoms. The van der Waals surface area contributed by atoms with Crippen LogP contribution in [0.4, 0.5) is 32.3 Å². The molecule has 310 valence electrons. The normalized spacial score (nSPS) is 10.4. The van der Waals surface area contributed by atoms with Crippen molar-refractivity contribution in [3.05, 3.63) is 143 Å². The molecule has 0 unspecified atom stereocenters. The van der Waals surface area contributed by atoms with Gasteiger partial charge in [-0.05, 0) is 110 Å². The van der Waals surface area contributed by atoms with Crippen LogP contribution in [0, 0.1) is 37.5 Å². The first-order chi connectivity index (χ1) is 29.3. The van der Waals surface area contributed by atoms with Crippen LogP contribution in [0.3, 0.4) is 0 Å². The highest BCUT2D eigenvalue weighted by atomic mass is 16.6. The Balaban J connectivity index is 1.08. The highest BCUT2D eigenvalue weighted by Gasteiger charge is 2.09. The lowest BCUT2D eigenvalue weighted by atomic mass is 10.1. The number of aliphatic hydroxyl groups excluding tert-OH is 1. The van der Waals surface area contributed by atoms with Crippen LogP contribution < -0.4 is 26.0 Å². The van der Waals surface area contributed by atoms with Crippen LogP contribution in [0.1, 0.15) is 33.6 Å². The molecule has 4 aromatic carbocycles. The average Bonchev–Trinajstić information content (AvgIpc) is 3.25. The average molecular weight is 812 g/mol. The number of aromatic nitrogens is 1. The third-order valence-electron chi connectivity index (χ3n) is 8.24. The summed E-state index contributed by atoms with van der Waals surface area (Å²) in [5, 5.41) is 20.1. The fourth-order valence-electron chi connectivity index (χ4n) is 5.35. The quantitative estimate of drug-likeness (QED) is 0.0428. The first-order valence-electron chi connectivity index (χ1n) is 19.4. The number of rotatable bonds is 19. The molecule has 0 aliphatic rings. The Hall–Kier alpha value is -6.71. The standard InChI is InChI=1S/C47H49N5O8/c1-35-11-21-44(51-46(54)49-39-7-4-3-5-8-39)37(33-35)13-15-40-9-6-10-41(48-40)16-14-38-34-36(2)12-22-45(38)52-47(55)50-42-17-19-43(20-18-42)60-32-31-59-30-29-58-28-27-57-26-25-56-24-23-53/h3-12,17-22,33-34,53H,23-32H2,1-2H3,(H2,49,51,54)(H2,50,52,55). The number of carbonyl (C=O) groups is 2. The van der Waals surface area contributed by atoms with Crippen molar-refractivity contribution in [2.75, 3.05) is 87.3 Å². The topological polar surface area (TPSA) is 162 Å². The van der Waals surface area contributed by atoms with Gasteiger partial charge in [0.2, 0.25) is 0 Å². The van der Waals surface area contributed by atoms with E-state index in [9.17, 15) is 9.59 Å². The van der Waals surface area contributed by atoms with Crippen LogP contribution in [-0.2, 0) is 18.9 Å². The molecule has 4 amide bonds. The second kappa shape index (κ2) is 24.9. The molecule has 0 saturated heterocycles. The second-order valence-electron chi connectivity index (χ2n) is 13.1. The van der Waals surface area contributed by atoms with E-state index in [1.165, 1.54) is 0 Å². The van der Waals surface area contributed by atoms with Gasteiger partial charge in [-0.1, -0.05) is 48.2 Å². The lowest BCUT2D eigenvalue weighted by molar-refractivity contribution is -0.00779. The molecule has 0 radical (unpaired) electrons. The highest BCUT2D eigenvalue weighted by molar-refractivity contribution is 6.01. The summed E-state index contributed by atoms with van der Waals surface area (Å²) in [4.78, 5) is 30.3. The van der Waals surface area contributed by atoms with Crippen molar-refractivity contribution in [2.24, 2.45) is 0 Å². The van der Waals surface area contributed by atoms with Gasteiger partial charge in [-0.3, -0.25) is 0 Å². The van der Waals surface area contributed by atoms with Gasteiger partial charge in [0.25, 0.3) is 0 Å². The van der Waals surface area contributed by atoms with Gasteiger partial charge in [-0.15, -0.1) is 0 Å². The van der Waals surface area contributed by atoms with Crippen LogP contribution in [-0.4, -0.2) is 88.2 Å². The van der Waals surface area contributed by atoms with Gasteiger partial charge in [0.05, 0.1) is 70.8 Å². The number of hydrogen-bond acceptors (Lipinski definition) is 9. The molecule has 0 aliphatic heterocycles. The number of aliphatic hydroxyl groups is 1. The van der Waals surface area contributed by atoms with Crippen molar-refractivity contribution < 1.29 is 38.4 Å². The number of para-hydroxylation sites is 1. The molecule has 0 saturated carbocycles. The maximum Gasteiger partial charge on any atom is 0.323 e. The van der Waals surface area contributed by atoms with Crippen molar-refractivity contribution in [1.82, 2.24) is 4.98 Å². The lowest BCUT2D eigenvalue weighted by Crippen LogP contribution is -2.20. The largest absolute Gasteiger partial charge is 0.491 e. The fourth-order valence-corrected chi connectivity index (χ4v) is 5.35. The number of amides is 4. The van der Waals surface area contributed by atoms with Crippen molar-refractivity contribution >= 4 is 34.8 Å². The Labute approximate surface area is 350 Å². The Bertz CT molecular complexity index is 2260. The number of carbonyl (C=O) groups excluding carboxylic acids is 2. The van der Waals surface area contributed by atoms with Crippen LogP contribution >= 0.6 is 0 Å². The van der Waals surface area contributed by atoms with Crippen LogP contribution in [0.15, 0.2) is 109 Å². The second-order valence-corrected chi connectivity index (χ2v) is 13.1. The number of hydrogen-bond donors (Lipinski definition) is 5. The van der Waals surface area contributed by atoms with E-state index in [0.717, 1.165) is 11.1 Å². The summed E-state index contributed by atoms with van der Waals surface area (Å²) >= 11 is 0. The predicted octanol–water partition coefficient (Wildman–Crippen LogP) is 7.22. The molecule has 1 aromatic heterocycles. The smallest absolute Gasteiger partial charge is 0.323 e. The molecule has 60 heavy (non-hydrogen) atoms. The number of nitrogens with zero attached hydrogens (tertiary/aromatic N) is 1. The minimum absolute atomic E-state index is 0.00245. The number of nitrogens with one attached hydrogen (secondary N) is 4. The minimum Gasteiger partial charge on any atom is -0.491 e. The molecule has 1 heterocycles.